The van der Waals surface area contributed by atoms with Crippen LogP contribution in [0.3, 0.4) is 0 Å². The maximum absolute atomic E-state index is 14.6. The Hall–Kier alpha value is -3.20. The lowest BCUT2D eigenvalue weighted by atomic mass is 10.0. The zero-order chi connectivity index (χ0) is 22.1. The number of hydrogen-bond acceptors (Lipinski definition) is 5. The number of halogens is 3. The summed E-state index contributed by atoms with van der Waals surface area (Å²) in [6, 6.07) is 5.72. The number of carboxylic acids is 1. The van der Waals surface area contributed by atoms with Gasteiger partial charge in [-0.05, 0) is 36.8 Å². The van der Waals surface area contributed by atoms with Gasteiger partial charge in [0.2, 0.25) is 5.78 Å². The van der Waals surface area contributed by atoms with Crippen LogP contribution in [0.2, 0.25) is 5.02 Å². The minimum atomic E-state index is -3.85. The summed E-state index contributed by atoms with van der Waals surface area (Å²) in [6.45, 7) is 2.18. The van der Waals surface area contributed by atoms with Crippen LogP contribution in [0.15, 0.2) is 41.2 Å². The molecule has 0 bridgehead atoms. The number of hydrogen-bond donors (Lipinski definition) is 2. The Labute approximate surface area is 174 Å². The van der Waals surface area contributed by atoms with E-state index in [1.807, 2.05) is 0 Å². The van der Waals surface area contributed by atoms with Gasteiger partial charge in [-0.15, -0.1) is 0 Å². The Kier molecular flexibility index (Phi) is 5.93. The number of Topliss-reactive ketones (excluding diaryl/α,β-unsaturated/α-hetero) is 1. The molecule has 0 unspecified atom stereocenters. The van der Waals surface area contributed by atoms with E-state index in [4.69, 9.17) is 16.1 Å². The van der Waals surface area contributed by atoms with Gasteiger partial charge in [0.15, 0.2) is 5.76 Å². The van der Waals surface area contributed by atoms with Crippen molar-refractivity contribution >= 4 is 23.4 Å². The average molecular weight is 439 g/mol. The Morgan fingerprint density at radius 1 is 1.23 bits per heavy atom. The van der Waals surface area contributed by atoms with E-state index in [0.29, 0.717) is 12.1 Å². The standard InChI is InChI=1S/C20H17ClF2N2O5/c1-2-25-9-12(14(10-25)19(28)29)7-16(27)20(22,23)8-15-17(21)18(24-30-15)11-3-5-13(26)6-4-11/h3-6,9-10,26H,2,7-8H2,1H3,(H,28,29). The number of carboxylic acid groups (broad SMARTS) is 1. The fourth-order valence-corrected chi connectivity index (χ4v) is 3.14. The fraction of sp³-hybridized carbons (Fsp3) is 0.250. The first-order valence-corrected chi connectivity index (χ1v) is 9.26. The molecule has 0 radical (unpaired) electrons. The number of aromatic hydroxyl groups is 1. The number of carbonyl (C=O) groups is 2. The number of aromatic carboxylic acids is 1. The van der Waals surface area contributed by atoms with Gasteiger partial charge in [-0.1, -0.05) is 16.8 Å². The summed E-state index contributed by atoms with van der Waals surface area (Å²) in [6.07, 6.45) is 0.785. The first kappa shape index (κ1) is 21.5. The second-order valence-electron chi connectivity index (χ2n) is 6.63. The van der Waals surface area contributed by atoms with Gasteiger partial charge in [-0.2, -0.15) is 8.78 Å². The molecule has 2 N–H and O–H groups in total. The third kappa shape index (κ3) is 4.35. The number of alkyl halides is 2. The Morgan fingerprint density at radius 3 is 2.50 bits per heavy atom. The normalized spacial score (nSPS) is 11.6. The van der Waals surface area contributed by atoms with Crippen LogP contribution in [0.1, 0.15) is 28.6 Å². The molecule has 2 heterocycles. The van der Waals surface area contributed by atoms with E-state index in [2.05, 4.69) is 5.16 Å². The van der Waals surface area contributed by atoms with Crippen molar-refractivity contribution in [1.29, 1.82) is 0 Å². The molecule has 0 saturated carbocycles. The molecule has 0 spiro atoms. The molecular formula is C20H17ClF2N2O5. The summed E-state index contributed by atoms with van der Waals surface area (Å²) in [5, 5.41) is 22.1. The first-order chi connectivity index (χ1) is 14.1. The molecule has 0 amide bonds. The number of rotatable bonds is 8. The highest BCUT2D eigenvalue weighted by Gasteiger charge is 2.41. The first-order valence-electron chi connectivity index (χ1n) is 8.89. The molecule has 3 rings (SSSR count). The second-order valence-corrected chi connectivity index (χ2v) is 7.01. The molecule has 0 aliphatic carbocycles. The van der Waals surface area contributed by atoms with Crippen molar-refractivity contribution in [2.24, 2.45) is 0 Å². The average Bonchev–Trinajstić information content (AvgIpc) is 3.26. The van der Waals surface area contributed by atoms with Crippen LogP contribution < -0.4 is 0 Å². The van der Waals surface area contributed by atoms with Gasteiger partial charge in [0.1, 0.15) is 16.5 Å². The van der Waals surface area contributed by atoms with Gasteiger partial charge in [0.05, 0.1) is 12.0 Å². The monoisotopic (exact) mass is 438 g/mol. The van der Waals surface area contributed by atoms with E-state index >= 15 is 0 Å². The quantitative estimate of drug-likeness (QED) is 0.545. The van der Waals surface area contributed by atoms with E-state index in [-0.39, 0.29) is 33.4 Å². The molecular weight excluding hydrogens is 422 g/mol. The molecule has 0 atom stereocenters. The summed E-state index contributed by atoms with van der Waals surface area (Å²) >= 11 is 6.11. The number of phenolic OH excluding ortho intramolecular Hbond substituents is 1. The van der Waals surface area contributed by atoms with Gasteiger partial charge in [0.25, 0.3) is 0 Å². The highest BCUT2D eigenvalue weighted by Crippen LogP contribution is 2.34. The summed E-state index contributed by atoms with van der Waals surface area (Å²) in [7, 11) is 0. The number of ketones is 1. The molecule has 7 nitrogen and oxygen atoms in total. The largest absolute Gasteiger partial charge is 0.508 e. The van der Waals surface area contributed by atoms with Crippen LogP contribution in [0.4, 0.5) is 8.78 Å². The lowest BCUT2D eigenvalue weighted by Crippen LogP contribution is -2.32. The molecule has 1 aromatic carbocycles. The van der Waals surface area contributed by atoms with E-state index in [1.54, 1.807) is 6.92 Å². The number of phenols is 1. The molecule has 3 aromatic rings. The molecule has 0 saturated heterocycles. The highest BCUT2D eigenvalue weighted by atomic mass is 35.5. The summed E-state index contributed by atoms with van der Waals surface area (Å²) in [5.74, 6) is -6.97. The smallest absolute Gasteiger partial charge is 0.337 e. The van der Waals surface area contributed by atoms with E-state index in [9.17, 15) is 28.6 Å². The Morgan fingerprint density at radius 2 is 1.90 bits per heavy atom. The lowest BCUT2D eigenvalue weighted by molar-refractivity contribution is -0.142. The summed E-state index contributed by atoms with van der Waals surface area (Å²) < 4.78 is 35.6. The topological polar surface area (TPSA) is 106 Å². The van der Waals surface area contributed by atoms with Crippen molar-refractivity contribution in [1.82, 2.24) is 9.72 Å². The van der Waals surface area contributed by atoms with E-state index in [0.717, 1.165) is 0 Å². The van der Waals surface area contributed by atoms with E-state index < -0.39 is 30.5 Å². The van der Waals surface area contributed by atoms with Gasteiger partial charge >= 0.3 is 11.9 Å². The van der Waals surface area contributed by atoms with Crippen LogP contribution in [-0.2, 0) is 24.2 Å². The number of benzene rings is 1. The number of aryl methyl sites for hydroxylation is 1. The van der Waals surface area contributed by atoms with E-state index in [1.165, 1.54) is 41.2 Å². The maximum Gasteiger partial charge on any atom is 0.337 e. The molecule has 2 aromatic heterocycles. The van der Waals surface area contributed by atoms with Crippen molar-refractivity contribution < 1.29 is 33.1 Å². The number of nitrogens with zero attached hydrogens (tertiary/aromatic N) is 2. The molecule has 30 heavy (non-hydrogen) atoms. The summed E-state index contributed by atoms with van der Waals surface area (Å²) in [5.41, 5.74) is 0.341. The van der Waals surface area contributed by atoms with Crippen LogP contribution in [0, 0.1) is 0 Å². The van der Waals surface area contributed by atoms with Crippen LogP contribution >= 0.6 is 11.6 Å². The van der Waals surface area contributed by atoms with Crippen LogP contribution in [-0.4, -0.2) is 37.6 Å². The minimum absolute atomic E-state index is 0.00229. The third-order valence-corrected chi connectivity index (χ3v) is 4.93. The van der Waals surface area contributed by atoms with Crippen LogP contribution in [0.25, 0.3) is 11.3 Å². The van der Waals surface area contributed by atoms with Crippen LogP contribution in [0.5, 0.6) is 5.75 Å². The maximum atomic E-state index is 14.6. The van der Waals surface area contributed by atoms with Crippen molar-refractivity contribution in [2.45, 2.75) is 32.2 Å². The molecule has 158 valence electrons. The highest BCUT2D eigenvalue weighted by molar-refractivity contribution is 6.33. The Bertz CT molecular complexity index is 1090. The Balaban J connectivity index is 1.80. The van der Waals surface area contributed by atoms with Gasteiger partial charge in [-0.3, -0.25) is 4.79 Å². The SMILES string of the molecule is CCn1cc(CC(=O)C(F)(F)Cc2onc(-c3ccc(O)cc3)c2Cl)c(C(=O)O)c1. The lowest BCUT2D eigenvalue weighted by Gasteiger charge is -2.13. The summed E-state index contributed by atoms with van der Waals surface area (Å²) in [4.78, 5) is 23.6. The molecule has 0 aliphatic heterocycles. The van der Waals surface area contributed by atoms with Gasteiger partial charge in [-0.25, -0.2) is 4.79 Å². The zero-order valence-electron chi connectivity index (χ0n) is 15.7. The molecule has 0 fully saturated rings. The van der Waals surface area contributed by atoms with Crippen molar-refractivity contribution in [3.05, 3.63) is 58.6 Å². The predicted molar refractivity (Wildman–Crippen MR) is 103 cm³/mol. The van der Waals surface area contributed by atoms with Crippen molar-refractivity contribution in [3.63, 3.8) is 0 Å². The minimum Gasteiger partial charge on any atom is -0.508 e. The van der Waals surface area contributed by atoms with Gasteiger partial charge in [0, 0.05) is 30.9 Å². The predicted octanol–water partition coefficient (Wildman–Crippen LogP) is 4.21. The molecule has 10 heteroatoms. The molecule has 0 aliphatic rings. The number of carbonyl (C=O) groups excluding carboxylic acids is 1. The van der Waals surface area contributed by atoms with Crippen molar-refractivity contribution in [2.75, 3.05) is 0 Å². The van der Waals surface area contributed by atoms with Crippen molar-refractivity contribution in [3.8, 4) is 17.0 Å². The van der Waals surface area contributed by atoms with Gasteiger partial charge < -0.3 is 19.3 Å². The second kappa shape index (κ2) is 8.27. The zero-order valence-corrected chi connectivity index (χ0v) is 16.5. The fourth-order valence-electron chi connectivity index (χ4n) is 2.90. The number of aromatic nitrogens is 2. The third-order valence-electron chi connectivity index (χ3n) is 4.54.